The van der Waals surface area contributed by atoms with Gasteiger partial charge in [-0.25, -0.2) is 5.43 Å². The number of amides is 1. The molecule has 0 saturated carbocycles. The number of phenolic OH excluding ortho intramolecular Hbond substituents is 1. The van der Waals surface area contributed by atoms with E-state index in [0.29, 0.717) is 31.8 Å². The van der Waals surface area contributed by atoms with Crippen LogP contribution in [0.4, 0.5) is 0 Å². The standard InChI is InChI=1S/C17H16Br2N2O5/c1-24-11-3-5-12(6-4-11)26-9-14(22)21-20-8-10-7-13(18)17(25-2)15(19)16(10)23/h3-8,23H,9H2,1-2H3,(H,21,22)/b20-8+. The predicted octanol–water partition coefficient (Wildman–Crippen LogP) is 3.46. The number of methoxy groups -OCH3 is 2. The molecule has 2 aromatic carbocycles. The van der Waals surface area contributed by atoms with Gasteiger partial charge in [-0.3, -0.25) is 4.79 Å². The molecule has 7 nitrogen and oxygen atoms in total. The molecule has 2 N–H and O–H groups in total. The van der Waals surface area contributed by atoms with Crippen LogP contribution in [0.5, 0.6) is 23.0 Å². The second kappa shape index (κ2) is 9.44. The van der Waals surface area contributed by atoms with E-state index in [-0.39, 0.29) is 12.4 Å². The van der Waals surface area contributed by atoms with E-state index in [9.17, 15) is 9.90 Å². The molecule has 2 rings (SSSR count). The second-order valence-corrected chi connectivity index (χ2v) is 6.55. The van der Waals surface area contributed by atoms with Crippen molar-refractivity contribution in [2.45, 2.75) is 0 Å². The molecule has 0 bridgehead atoms. The summed E-state index contributed by atoms with van der Waals surface area (Å²) in [5.41, 5.74) is 2.72. The number of carbonyl (C=O) groups excluding carboxylic acids is 1. The maximum atomic E-state index is 11.8. The first-order valence-electron chi connectivity index (χ1n) is 7.30. The lowest BCUT2D eigenvalue weighted by atomic mass is 10.2. The monoisotopic (exact) mass is 486 g/mol. The van der Waals surface area contributed by atoms with E-state index in [4.69, 9.17) is 14.2 Å². The molecule has 0 radical (unpaired) electrons. The van der Waals surface area contributed by atoms with Gasteiger partial charge in [-0.1, -0.05) is 0 Å². The summed E-state index contributed by atoms with van der Waals surface area (Å²) >= 11 is 6.57. The minimum absolute atomic E-state index is 0.0578. The van der Waals surface area contributed by atoms with Gasteiger partial charge in [0.1, 0.15) is 21.7 Å². The van der Waals surface area contributed by atoms with Crippen molar-refractivity contribution in [1.82, 2.24) is 5.43 Å². The van der Waals surface area contributed by atoms with Crippen LogP contribution in [0.3, 0.4) is 0 Å². The van der Waals surface area contributed by atoms with E-state index >= 15 is 0 Å². The molecule has 0 atom stereocenters. The average molecular weight is 488 g/mol. The Hall–Kier alpha value is -2.26. The number of halogens is 2. The van der Waals surface area contributed by atoms with Gasteiger partial charge in [0.05, 0.1) is 24.9 Å². The quantitative estimate of drug-likeness (QED) is 0.461. The number of nitrogens with zero attached hydrogens (tertiary/aromatic N) is 1. The fraction of sp³-hybridized carbons (Fsp3) is 0.176. The van der Waals surface area contributed by atoms with Crippen LogP contribution in [0.1, 0.15) is 5.56 Å². The van der Waals surface area contributed by atoms with Crippen molar-refractivity contribution in [2.24, 2.45) is 5.10 Å². The third-order valence-corrected chi connectivity index (χ3v) is 4.53. The first-order valence-corrected chi connectivity index (χ1v) is 8.88. The number of hydrogen-bond acceptors (Lipinski definition) is 6. The number of hydrazone groups is 1. The lowest BCUT2D eigenvalue weighted by Gasteiger charge is -2.10. The zero-order valence-corrected chi connectivity index (χ0v) is 17.1. The molecular weight excluding hydrogens is 472 g/mol. The molecule has 0 aliphatic carbocycles. The number of phenols is 1. The molecule has 0 fully saturated rings. The molecule has 1 amide bonds. The van der Waals surface area contributed by atoms with Crippen LogP contribution in [0.25, 0.3) is 0 Å². The van der Waals surface area contributed by atoms with Crippen LogP contribution in [-0.2, 0) is 4.79 Å². The third-order valence-electron chi connectivity index (χ3n) is 3.21. The van der Waals surface area contributed by atoms with Crippen molar-refractivity contribution in [1.29, 1.82) is 0 Å². The van der Waals surface area contributed by atoms with E-state index in [2.05, 4.69) is 42.4 Å². The highest BCUT2D eigenvalue weighted by Gasteiger charge is 2.14. The van der Waals surface area contributed by atoms with Gasteiger partial charge in [-0.2, -0.15) is 5.10 Å². The van der Waals surface area contributed by atoms with Crippen LogP contribution < -0.4 is 19.6 Å². The van der Waals surface area contributed by atoms with Gasteiger partial charge in [0, 0.05) is 5.56 Å². The van der Waals surface area contributed by atoms with E-state index < -0.39 is 5.91 Å². The van der Waals surface area contributed by atoms with Gasteiger partial charge < -0.3 is 19.3 Å². The maximum absolute atomic E-state index is 11.8. The molecule has 0 aliphatic heterocycles. The summed E-state index contributed by atoms with van der Waals surface area (Å²) in [5.74, 6) is 1.19. The van der Waals surface area contributed by atoms with Crippen molar-refractivity contribution >= 4 is 44.0 Å². The highest BCUT2D eigenvalue weighted by Crippen LogP contribution is 2.41. The highest BCUT2D eigenvalue weighted by atomic mass is 79.9. The summed E-state index contributed by atoms with van der Waals surface area (Å²) in [7, 11) is 3.06. The van der Waals surface area contributed by atoms with Crippen LogP contribution >= 0.6 is 31.9 Å². The topological polar surface area (TPSA) is 89.4 Å². The van der Waals surface area contributed by atoms with Crippen LogP contribution in [0.2, 0.25) is 0 Å². The Bertz CT molecular complexity index is 810. The summed E-state index contributed by atoms with van der Waals surface area (Å²) in [4.78, 5) is 11.8. The Balaban J connectivity index is 1.92. The highest BCUT2D eigenvalue weighted by molar-refractivity contribution is 9.11. The zero-order chi connectivity index (χ0) is 19.1. The third kappa shape index (κ3) is 5.12. The lowest BCUT2D eigenvalue weighted by molar-refractivity contribution is -0.123. The van der Waals surface area contributed by atoms with Gasteiger partial charge in [-0.15, -0.1) is 0 Å². The van der Waals surface area contributed by atoms with Gasteiger partial charge in [0.2, 0.25) is 0 Å². The molecule has 2 aromatic rings. The Kier molecular flexibility index (Phi) is 7.28. The molecule has 0 spiro atoms. The molecule has 0 unspecified atom stereocenters. The Morgan fingerprint density at radius 1 is 1.19 bits per heavy atom. The molecule has 0 aromatic heterocycles. The van der Waals surface area contributed by atoms with Crippen molar-refractivity contribution in [3.63, 3.8) is 0 Å². The minimum Gasteiger partial charge on any atom is -0.506 e. The molecule has 0 saturated heterocycles. The minimum atomic E-state index is -0.441. The predicted molar refractivity (Wildman–Crippen MR) is 104 cm³/mol. The first kappa shape index (κ1) is 20.1. The molecular formula is C17H16Br2N2O5. The number of ether oxygens (including phenoxy) is 3. The van der Waals surface area contributed by atoms with Gasteiger partial charge in [0.25, 0.3) is 5.91 Å². The maximum Gasteiger partial charge on any atom is 0.277 e. The smallest absolute Gasteiger partial charge is 0.277 e. The van der Waals surface area contributed by atoms with Crippen LogP contribution in [0, 0.1) is 0 Å². The number of nitrogens with one attached hydrogen (secondary N) is 1. The van der Waals surface area contributed by atoms with E-state index in [1.54, 1.807) is 37.4 Å². The second-order valence-electron chi connectivity index (χ2n) is 4.90. The zero-order valence-electron chi connectivity index (χ0n) is 14.0. The normalized spacial score (nSPS) is 10.6. The van der Waals surface area contributed by atoms with Gasteiger partial charge in [0.15, 0.2) is 12.4 Å². The van der Waals surface area contributed by atoms with Crippen molar-refractivity contribution < 1.29 is 24.1 Å². The summed E-state index contributed by atoms with van der Waals surface area (Å²) in [6, 6.07) is 8.46. The van der Waals surface area contributed by atoms with Crippen LogP contribution in [0.15, 0.2) is 44.4 Å². The lowest BCUT2D eigenvalue weighted by Crippen LogP contribution is -2.24. The summed E-state index contributed by atoms with van der Waals surface area (Å²) < 4.78 is 16.5. The Morgan fingerprint density at radius 2 is 1.85 bits per heavy atom. The van der Waals surface area contributed by atoms with Crippen molar-refractivity contribution in [2.75, 3.05) is 20.8 Å². The SMILES string of the molecule is COc1ccc(OCC(=O)N/N=C/c2cc(Br)c(OC)c(Br)c2O)cc1. The Labute approximate surface area is 167 Å². The van der Waals surface area contributed by atoms with Crippen molar-refractivity contribution in [3.05, 3.63) is 44.8 Å². The van der Waals surface area contributed by atoms with Crippen LogP contribution in [-0.4, -0.2) is 38.1 Å². The number of rotatable bonds is 7. The number of hydrogen-bond donors (Lipinski definition) is 2. The van der Waals surface area contributed by atoms with E-state index in [1.165, 1.54) is 13.3 Å². The largest absolute Gasteiger partial charge is 0.506 e. The van der Waals surface area contributed by atoms with E-state index in [0.717, 1.165) is 0 Å². The summed E-state index contributed by atoms with van der Waals surface area (Å²) in [6.45, 7) is -0.203. The Morgan fingerprint density at radius 3 is 2.46 bits per heavy atom. The fourth-order valence-electron chi connectivity index (χ4n) is 1.92. The summed E-state index contributed by atoms with van der Waals surface area (Å²) in [6.07, 6.45) is 1.32. The van der Waals surface area contributed by atoms with Crippen molar-refractivity contribution in [3.8, 4) is 23.0 Å². The molecule has 0 heterocycles. The fourth-order valence-corrected chi connectivity index (χ4v) is 3.40. The molecule has 9 heteroatoms. The number of carbonyl (C=O) groups is 1. The van der Waals surface area contributed by atoms with Gasteiger partial charge in [-0.05, 0) is 62.2 Å². The van der Waals surface area contributed by atoms with E-state index in [1.807, 2.05) is 0 Å². The number of aromatic hydroxyl groups is 1. The number of benzene rings is 2. The van der Waals surface area contributed by atoms with Gasteiger partial charge >= 0.3 is 0 Å². The molecule has 138 valence electrons. The average Bonchev–Trinajstić information content (AvgIpc) is 2.65. The first-order chi connectivity index (χ1) is 12.5. The molecule has 0 aliphatic rings. The molecule has 26 heavy (non-hydrogen) atoms. The summed E-state index contributed by atoms with van der Waals surface area (Å²) in [5, 5.41) is 13.9.